The number of rotatable bonds is 23. The Morgan fingerprint density at radius 2 is 1.72 bits per heavy atom. The standard InChI is InChI=1S/C48H68N6O3.CH5N.CH2O/c1-13-34(8)44-40(22-19-25-49-44)46-42(30-48(10,11)31-57-33(6)7)41-29-37(23-24-43(41)54(46)15-3)38-26-36(27-39(55)28-38)21-18-16-17-20-35(9)50-52-51-47(56)45(32(4)5)53(12)14-2;2*1-2/h14,19,22-29,32,34,45,50,52,55H,2,6,9,13,15-18,20-21,30-31H2,1,3-5,7-8,10-12H3,(H,51,56);2H2,1H3;1H2. The highest BCUT2D eigenvalue weighted by molar-refractivity contribution is 5.95. The van der Waals surface area contributed by atoms with Gasteiger partial charge in [0, 0.05) is 47.4 Å². The molecule has 2 aromatic carbocycles. The van der Waals surface area contributed by atoms with Crippen LogP contribution in [0.25, 0.3) is 33.3 Å². The first kappa shape index (κ1) is 51.8. The quantitative estimate of drug-likeness (QED) is 0.0280. The van der Waals surface area contributed by atoms with Crippen molar-refractivity contribution in [3.63, 3.8) is 0 Å². The molecular formula is C50H75N7O4. The molecule has 11 nitrogen and oxygen atoms in total. The number of fused-ring (bicyclic) bond motifs is 1. The highest BCUT2D eigenvalue weighted by Gasteiger charge is 2.29. The van der Waals surface area contributed by atoms with Gasteiger partial charge < -0.3 is 35.3 Å². The van der Waals surface area contributed by atoms with E-state index in [0.717, 1.165) is 85.3 Å². The fourth-order valence-corrected chi connectivity index (χ4v) is 7.69. The van der Waals surface area contributed by atoms with E-state index in [1.807, 2.05) is 52.9 Å². The molecule has 0 spiro atoms. The van der Waals surface area contributed by atoms with E-state index < -0.39 is 0 Å². The summed E-state index contributed by atoms with van der Waals surface area (Å²) in [5.41, 5.74) is 22.9. The predicted molar refractivity (Wildman–Crippen MR) is 254 cm³/mol. The summed E-state index contributed by atoms with van der Waals surface area (Å²) in [6.45, 7) is 32.4. The molecule has 0 aliphatic rings. The number of hydrogen-bond donors (Lipinski definition) is 5. The average molecular weight is 838 g/mol. The number of carbonyl (C=O) groups is 2. The molecule has 2 heterocycles. The van der Waals surface area contributed by atoms with E-state index in [1.54, 1.807) is 11.1 Å². The number of hydrazine groups is 2. The molecule has 0 bridgehead atoms. The summed E-state index contributed by atoms with van der Waals surface area (Å²) in [4.78, 5) is 27.4. The van der Waals surface area contributed by atoms with Gasteiger partial charge in [-0.3, -0.25) is 15.2 Å². The number of amides is 1. The number of pyridine rings is 1. The van der Waals surface area contributed by atoms with Gasteiger partial charge in [-0.25, -0.2) is 0 Å². The third kappa shape index (κ3) is 14.6. The molecule has 61 heavy (non-hydrogen) atoms. The number of allylic oxidation sites excluding steroid dienone is 2. The molecule has 6 N–H and O–H groups in total. The van der Waals surface area contributed by atoms with Crippen LogP contribution in [0.15, 0.2) is 92.1 Å². The number of nitrogens with one attached hydrogen (secondary N) is 3. The van der Waals surface area contributed by atoms with Crippen LogP contribution in [-0.2, 0) is 33.7 Å². The smallest absolute Gasteiger partial charge is 0.258 e. The van der Waals surface area contributed by atoms with Crippen LogP contribution in [0.3, 0.4) is 0 Å². The van der Waals surface area contributed by atoms with Gasteiger partial charge in [0.1, 0.15) is 18.6 Å². The Hall–Kier alpha value is -5.39. The molecule has 0 radical (unpaired) electrons. The molecule has 0 fully saturated rings. The van der Waals surface area contributed by atoms with Crippen LogP contribution in [0.5, 0.6) is 5.75 Å². The predicted octanol–water partition coefficient (Wildman–Crippen LogP) is 9.96. The van der Waals surface area contributed by atoms with Crippen molar-refractivity contribution in [2.24, 2.45) is 17.1 Å². The van der Waals surface area contributed by atoms with Gasteiger partial charge in [-0.1, -0.05) is 79.8 Å². The first-order chi connectivity index (χ1) is 29.1. The Morgan fingerprint density at radius 1 is 1.02 bits per heavy atom. The lowest BCUT2D eigenvalue weighted by molar-refractivity contribution is -0.127. The maximum absolute atomic E-state index is 12.7. The molecule has 11 heteroatoms. The monoisotopic (exact) mass is 838 g/mol. The van der Waals surface area contributed by atoms with Crippen LogP contribution >= 0.6 is 0 Å². The van der Waals surface area contributed by atoms with Gasteiger partial charge in [-0.05, 0) is 136 Å². The summed E-state index contributed by atoms with van der Waals surface area (Å²) < 4.78 is 8.45. The van der Waals surface area contributed by atoms with Crippen LogP contribution in [0, 0.1) is 11.3 Å². The molecule has 2 unspecified atom stereocenters. The normalized spacial score (nSPS) is 12.0. The van der Waals surface area contributed by atoms with Gasteiger partial charge in [0.05, 0.1) is 23.8 Å². The summed E-state index contributed by atoms with van der Waals surface area (Å²) in [5, 5.41) is 12.1. The topological polar surface area (TPSA) is 147 Å². The summed E-state index contributed by atoms with van der Waals surface area (Å²) in [6, 6.07) is 16.7. The molecule has 0 saturated heterocycles. The first-order valence-corrected chi connectivity index (χ1v) is 21.5. The number of carbonyl (C=O) groups excluding carboxylic acids is 2. The molecule has 0 saturated carbocycles. The molecule has 0 aliphatic carbocycles. The zero-order valence-electron chi connectivity index (χ0n) is 38.8. The fraction of sp³-hybridized carbons (Fsp3) is 0.460. The van der Waals surface area contributed by atoms with Crippen molar-refractivity contribution >= 4 is 23.6 Å². The lowest BCUT2D eigenvalue weighted by Gasteiger charge is -2.28. The zero-order valence-corrected chi connectivity index (χ0v) is 38.8. The molecular weight excluding hydrogens is 763 g/mol. The SMILES string of the molecule is C=CN(C)C(C(=O)NNNC(=C)CCCCCc1cc(O)cc(-c2ccc3c(c2)c(CC(C)(C)COC(=C)C)c(-c2cccnc2C(C)CC)n3CC)c1)C(C)C.C=O.CN. The summed E-state index contributed by atoms with van der Waals surface area (Å²) in [7, 11) is 3.34. The number of unbranched alkanes of at least 4 members (excludes halogenated alkanes) is 2. The van der Waals surface area contributed by atoms with Crippen molar-refractivity contribution in [1.29, 1.82) is 0 Å². The minimum atomic E-state index is -0.329. The summed E-state index contributed by atoms with van der Waals surface area (Å²) in [5.74, 6) is 1.29. The van der Waals surface area contributed by atoms with Crippen LogP contribution in [-0.4, -0.2) is 59.0 Å². The molecule has 2 aromatic heterocycles. The summed E-state index contributed by atoms with van der Waals surface area (Å²) in [6.07, 6.45) is 9.91. The second kappa shape index (κ2) is 25.4. The van der Waals surface area contributed by atoms with Gasteiger partial charge in [-0.2, -0.15) is 0 Å². The fourth-order valence-electron chi connectivity index (χ4n) is 7.69. The van der Waals surface area contributed by atoms with Crippen molar-refractivity contribution in [2.45, 2.75) is 119 Å². The molecule has 1 amide bonds. The molecule has 4 aromatic rings. The maximum atomic E-state index is 12.7. The zero-order chi connectivity index (χ0) is 45.9. The van der Waals surface area contributed by atoms with Crippen LogP contribution in [0.4, 0.5) is 0 Å². The molecule has 2 atom stereocenters. The van der Waals surface area contributed by atoms with E-state index in [2.05, 4.69) is 117 Å². The van der Waals surface area contributed by atoms with Gasteiger partial charge in [0.25, 0.3) is 5.91 Å². The Labute approximate surface area is 366 Å². The largest absolute Gasteiger partial charge is 0.508 e. The highest BCUT2D eigenvalue weighted by Crippen LogP contribution is 2.42. The molecule has 334 valence electrons. The minimum absolute atomic E-state index is 0.121. The van der Waals surface area contributed by atoms with Crippen LogP contribution < -0.4 is 22.1 Å². The Morgan fingerprint density at radius 3 is 2.34 bits per heavy atom. The lowest BCUT2D eigenvalue weighted by atomic mass is 9.83. The van der Waals surface area contributed by atoms with Gasteiger partial charge in [0.2, 0.25) is 0 Å². The van der Waals surface area contributed by atoms with Crippen molar-refractivity contribution in [1.82, 2.24) is 30.8 Å². The van der Waals surface area contributed by atoms with E-state index >= 15 is 0 Å². The maximum Gasteiger partial charge on any atom is 0.258 e. The van der Waals surface area contributed by atoms with Crippen molar-refractivity contribution < 1.29 is 19.4 Å². The number of benzene rings is 2. The highest BCUT2D eigenvalue weighted by atomic mass is 16.5. The molecule has 4 rings (SSSR count). The number of aromatic nitrogens is 2. The third-order valence-electron chi connectivity index (χ3n) is 10.8. The average Bonchev–Trinajstić information content (AvgIpc) is 3.54. The van der Waals surface area contributed by atoms with Crippen molar-refractivity contribution in [3.05, 3.63) is 109 Å². The number of ether oxygens (including phenoxy) is 1. The van der Waals surface area contributed by atoms with Gasteiger partial charge in [-0.15, -0.1) is 5.53 Å². The minimum Gasteiger partial charge on any atom is -0.508 e. The summed E-state index contributed by atoms with van der Waals surface area (Å²) >= 11 is 0. The van der Waals surface area contributed by atoms with E-state index in [-0.39, 0.29) is 29.0 Å². The molecule has 0 aliphatic heterocycles. The third-order valence-corrected chi connectivity index (χ3v) is 10.8. The Balaban J connectivity index is 0.00000311. The van der Waals surface area contributed by atoms with Gasteiger partial charge in [0.15, 0.2) is 0 Å². The van der Waals surface area contributed by atoms with E-state index in [0.29, 0.717) is 12.5 Å². The first-order valence-electron chi connectivity index (χ1n) is 21.5. The number of phenols is 1. The second-order valence-corrected chi connectivity index (χ2v) is 16.7. The van der Waals surface area contributed by atoms with E-state index in [1.165, 1.54) is 34.8 Å². The number of likely N-dealkylation sites (N-methyl/N-ethyl adjacent to an activating group) is 1. The van der Waals surface area contributed by atoms with Crippen molar-refractivity contribution in [2.75, 3.05) is 20.7 Å². The second-order valence-electron chi connectivity index (χ2n) is 16.7. The number of hydrogen-bond acceptors (Lipinski definition) is 9. The van der Waals surface area contributed by atoms with E-state index in [9.17, 15) is 9.90 Å². The van der Waals surface area contributed by atoms with Crippen LogP contribution in [0.2, 0.25) is 0 Å². The number of aromatic hydroxyl groups is 1. The number of nitrogens with zero attached hydrogens (tertiary/aromatic N) is 3. The Kier molecular flexibility index (Phi) is 21.5. The van der Waals surface area contributed by atoms with E-state index in [4.69, 9.17) is 14.5 Å². The van der Waals surface area contributed by atoms with Crippen LogP contribution in [0.1, 0.15) is 110 Å². The number of phenolic OH excluding ortho intramolecular Hbond substituents is 1. The lowest BCUT2D eigenvalue weighted by Crippen LogP contribution is -2.54. The van der Waals surface area contributed by atoms with Crippen molar-refractivity contribution in [3.8, 4) is 28.1 Å². The van der Waals surface area contributed by atoms with Gasteiger partial charge >= 0.3 is 0 Å². The Bertz CT molecular complexity index is 2040. The number of nitrogens with two attached hydrogens (primary N) is 1. The number of aryl methyl sites for hydroxylation is 2.